The number of aryl methyl sites for hydroxylation is 2. The Morgan fingerprint density at radius 3 is 1.39 bits per heavy atom. The number of carbonyl (C=O) groups excluding carboxylic acids is 3. The molecule has 28 heavy (non-hydrogen) atoms. The third-order valence-corrected chi connectivity index (χ3v) is 3.96. The van der Waals surface area contributed by atoms with E-state index in [1.165, 1.54) is 24.3 Å². The molecule has 146 valence electrons. The third kappa shape index (κ3) is 5.26. The van der Waals surface area contributed by atoms with E-state index >= 15 is 0 Å². The molecule has 2 aromatic rings. The number of Topliss-reactive ketones (excluding diaryl/α,β-unsaturated/α-hetero) is 1. The van der Waals surface area contributed by atoms with Crippen LogP contribution >= 0.6 is 0 Å². The standard InChI is InChI=1S/C21H20O7/c1-12-4-8-15(9-5-12)20(25)27-17(14(3)22)18(19(23)24)28-21(26)16-10-6-13(2)7-11-16/h4-11,17-18H,1-3H3,(H,23,24)/t17-,18+/m1/s1. The van der Waals surface area contributed by atoms with Gasteiger partial charge in [-0.25, -0.2) is 14.4 Å². The number of carboxylic acids is 1. The number of hydrogen-bond donors (Lipinski definition) is 1. The maximum Gasteiger partial charge on any atom is 0.349 e. The Labute approximate surface area is 161 Å². The molecule has 0 fully saturated rings. The fourth-order valence-corrected chi connectivity index (χ4v) is 2.35. The molecule has 7 heteroatoms. The molecule has 0 unspecified atom stereocenters. The van der Waals surface area contributed by atoms with Gasteiger partial charge in [0.05, 0.1) is 11.1 Å². The first-order valence-electron chi connectivity index (χ1n) is 8.47. The summed E-state index contributed by atoms with van der Waals surface area (Å²) in [7, 11) is 0. The normalized spacial score (nSPS) is 12.5. The molecule has 7 nitrogen and oxygen atoms in total. The van der Waals surface area contributed by atoms with Crippen LogP contribution in [0.25, 0.3) is 0 Å². The summed E-state index contributed by atoms with van der Waals surface area (Å²) in [4.78, 5) is 48.1. The second kappa shape index (κ2) is 8.94. The highest BCUT2D eigenvalue weighted by Gasteiger charge is 2.38. The molecule has 0 saturated heterocycles. The fraction of sp³-hybridized carbons (Fsp3) is 0.238. The van der Waals surface area contributed by atoms with Crippen LogP contribution in [0.2, 0.25) is 0 Å². The van der Waals surface area contributed by atoms with Gasteiger partial charge < -0.3 is 14.6 Å². The van der Waals surface area contributed by atoms with Crippen molar-refractivity contribution in [3.05, 3.63) is 70.8 Å². The Balaban J connectivity index is 2.21. The molecule has 2 atom stereocenters. The molecule has 0 aliphatic rings. The van der Waals surface area contributed by atoms with Crippen molar-refractivity contribution in [2.24, 2.45) is 0 Å². The maximum absolute atomic E-state index is 12.3. The average molecular weight is 384 g/mol. The summed E-state index contributed by atoms with van der Waals surface area (Å²) in [6.45, 7) is 4.71. The number of aliphatic carboxylic acids is 1. The quantitative estimate of drug-likeness (QED) is 0.731. The van der Waals surface area contributed by atoms with Crippen molar-refractivity contribution >= 4 is 23.7 Å². The first-order chi connectivity index (χ1) is 13.2. The van der Waals surface area contributed by atoms with E-state index in [1.807, 2.05) is 13.8 Å². The fourth-order valence-electron chi connectivity index (χ4n) is 2.35. The van der Waals surface area contributed by atoms with Crippen LogP contribution in [-0.4, -0.2) is 41.0 Å². The lowest BCUT2D eigenvalue weighted by atomic mass is 10.1. The van der Waals surface area contributed by atoms with Crippen LogP contribution < -0.4 is 0 Å². The van der Waals surface area contributed by atoms with E-state index in [4.69, 9.17) is 9.47 Å². The van der Waals surface area contributed by atoms with Crippen LogP contribution in [0.4, 0.5) is 0 Å². The number of rotatable bonds is 7. The summed E-state index contributed by atoms with van der Waals surface area (Å²) in [6, 6.07) is 12.6. The van der Waals surface area contributed by atoms with Crippen LogP contribution in [0.5, 0.6) is 0 Å². The highest BCUT2D eigenvalue weighted by molar-refractivity contribution is 5.96. The van der Waals surface area contributed by atoms with Gasteiger partial charge in [-0.3, -0.25) is 4.79 Å². The number of esters is 2. The summed E-state index contributed by atoms with van der Waals surface area (Å²) in [5.74, 6) is -4.19. The van der Waals surface area contributed by atoms with Crippen LogP contribution in [0.1, 0.15) is 38.8 Å². The first kappa shape index (κ1) is 20.8. The molecule has 0 amide bonds. The van der Waals surface area contributed by atoms with Gasteiger partial charge in [0.2, 0.25) is 12.2 Å². The molecule has 0 aromatic heterocycles. The second-order valence-corrected chi connectivity index (χ2v) is 6.33. The topological polar surface area (TPSA) is 107 Å². The summed E-state index contributed by atoms with van der Waals surface area (Å²) in [5, 5.41) is 9.43. The van der Waals surface area contributed by atoms with Gasteiger partial charge in [0.25, 0.3) is 0 Å². The smallest absolute Gasteiger partial charge is 0.349 e. The maximum atomic E-state index is 12.3. The Morgan fingerprint density at radius 1 is 0.714 bits per heavy atom. The minimum atomic E-state index is -1.97. The molecule has 0 aliphatic carbocycles. The van der Waals surface area contributed by atoms with Crippen molar-refractivity contribution < 1.29 is 33.8 Å². The number of benzene rings is 2. The highest BCUT2D eigenvalue weighted by atomic mass is 16.6. The molecule has 1 N–H and O–H groups in total. The number of ether oxygens (including phenoxy) is 2. The first-order valence-corrected chi connectivity index (χ1v) is 8.47. The van der Waals surface area contributed by atoms with Gasteiger partial charge >= 0.3 is 17.9 Å². The van der Waals surface area contributed by atoms with Crippen LogP contribution in [0.3, 0.4) is 0 Å². The second-order valence-electron chi connectivity index (χ2n) is 6.33. The molecule has 0 aliphatic heterocycles. The van der Waals surface area contributed by atoms with Gasteiger partial charge in [0, 0.05) is 0 Å². The summed E-state index contributed by atoms with van der Waals surface area (Å²) >= 11 is 0. The molecular weight excluding hydrogens is 364 g/mol. The number of ketones is 1. The minimum absolute atomic E-state index is 0.115. The highest BCUT2D eigenvalue weighted by Crippen LogP contribution is 2.14. The van der Waals surface area contributed by atoms with Crippen molar-refractivity contribution in [2.75, 3.05) is 0 Å². The average Bonchev–Trinajstić information content (AvgIpc) is 2.64. The van der Waals surface area contributed by atoms with E-state index in [1.54, 1.807) is 24.3 Å². The lowest BCUT2D eigenvalue weighted by Crippen LogP contribution is -2.45. The van der Waals surface area contributed by atoms with E-state index in [9.17, 15) is 24.3 Å². The molecular formula is C21H20O7. The molecule has 2 aromatic carbocycles. The van der Waals surface area contributed by atoms with Crippen molar-refractivity contribution in [3.8, 4) is 0 Å². The Kier molecular flexibility index (Phi) is 6.65. The van der Waals surface area contributed by atoms with Gasteiger partial charge in [0.15, 0.2) is 5.78 Å². The van der Waals surface area contributed by atoms with Crippen LogP contribution in [-0.2, 0) is 19.1 Å². The van der Waals surface area contributed by atoms with E-state index in [2.05, 4.69) is 0 Å². The summed E-state index contributed by atoms with van der Waals surface area (Å²) in [6.07, 6.45) is -3.75. The zero-order valence-corrected chi connectivity index (χ0v) is 15.7. The summed E-state index contributed by atoms with van der Waals surface area (Å²) in [5.41, 5.74) is 2.07. The number of carboxylic acid groups (broad SMARTS) is 1. The zero-order chi connectivity index (χ0) is 20.8. The van der Waals surface area contributed by atoms with E-state index in [-0.39, 0.29) is 11.1 Å². The molecule has 0 spiro atoms. The monoisotopic (exact) mass is 384 g/mol. The van der Waals surface area contributed by atoms with Crippen molar-refractivity contribution in [2.45, 2.75) is 33.0 Å². The molecule has 0 heterocycles. The Hall–Kier alpha value is -3.48. The Bertz CT molecular complexity index is 806. The minimum Gasteiger partial charge on any atom is -0.478 e. The molecule has 0 bridgehead atoms. The molecule has 2 rings (SSSR count). The lowest BCUT2D eigenvalue weighted by molar-refractivity contribution is -0.158. The van der Waals surface area contributed by atoms with E-state index in [0.29, 0.717) is 0 Å². The predicted molar refractivity (Wildman–Crippen MR) is 99.1 cm³/mol. The van der Waals surface area contributed by atoms with Crippen molar-refractivity contribution in [3.63, 3.8) is 0 Å². The zero-order valence-electron chi connectivity index (χ0n) is 15.7. The number of hydrogen-bond acceptors (Lipinski definition) is 6. The lowest BCUT2D eigenvalue weighted by Gasteiger charge is -2.22. The van der Waals surface area contributed by atoms with E-state index < -0.39 is 35.9 Å². The van der Waals surface area contributed by atoms with Crippen molar-refractivity contribution in [1.82, 2.24) is 0 Å². The van der Waals surface area contributed by atoms with Gasteiger partial charge in [-0.1, -0.05) is 35.4 Å². The summed E-state index contributed by atoms with van der Waals surface area (Å²) < 4.78 is 10.1. The third-order valence-electron chi connectivity index (χ3n) is 3.96. The van der Waals surface area contributed by atoms with Gasteiger partial charge in [-0.2, -0.15) is 0 Å². The van der Waals surface area contributed by atoms with Gasteiger partial charge in [-0.05, 0) is 45.0 Å². The van der Waals surface area contributed by atoms with Gasteiger partial charge in [-0.15, -0.1) is 0 Å². The van der Waals surface area contributed by atoms with Crippen LogP contribution in [0.15, 0.2) is 48.5 Å². The Morgan fingerprint density at radius 2 is 1.07 bits per heavy atom. The molecule has 0 saturated carbocycles. The number of carbonyl (C=O) groups is 4. The SMILES string of the molecule is CC(=O)[C@@H](OC(=O)c1ccc(C)cc1)[C@H](OC(=O)c1ccc(C)cc1)C(=O)O. The predicted octanol–water partition coefficient (Wildman–Crippen LogP) is 2.73. The van der Waals surface area contributed by atoms with Crippen molar-refractivity contribution in [1.29, 1.82) is 0 Å². The molecule has 0 radical (unpaired) electrons. The van der Waals surface area contributed by atoms with Crippen LogP contribution in [0, 0.1) is 13.8 Å². The van der Waals surface area contributed by atoms with Gasteiger partial charge in [0.1, 0.15) is 0 Å². The van der Waals surface area contributed by atoms with E-state index in [0.717, 1.165) is 18.1 Å². The largest absolute Gasteiger partial charge is 0.478 e.